The van der Waals surface area contributed by atoms with Crippen molar-refractivity contribution < 1.29 is 5.11 Å². The van der Waals surface area contributed by atoms with Gasteiger partial charge in [-0.15, -0.1) is 0 Å². The van der Waals surface area contributed by atoms with Crippen LogP contribution in [0, 0.1) is 6.92 Å². The van der Waals surface area contributed by atoms with Gasteiger partial charge in [0.25, 0.3) is 0 Å². The van der Waals surface area contributed by atoms with Crippen LogP contribution in [0.15, 0.2) is 12.1 Å². The van der Waals surface area contributed by atoms with Crippen molar-refractivity contribution in [1.29, 1.82) is 0 Å². The SMILES string of the molecule is Cc1c(O)ccc2c1CCCC2. The van der Waals surface area contributed by atoms with Gasteiger partial charge in [0, 0.05) is 0 Å². The fourth-order valence-corrected chi connectivity index (χ4v) is 2.00. The first-order valence-electron chi connectivity index (χ1n) is 4.59. The molecule has 1 heteroatoms. The molecule has 1 aromatic rings. The van der Waals surface area contributed by atoms with Crippen LogP contribution in [0.5, 0.6) is 5.75 Å². The maximum absolute atomic E-state index is 9.48. The zero-order valence-electron chi connectivity index (χ0n) is 7.43. The highest BCUT2D eigenvalue weighted by Crippen LogP contribution is 2.29. The van der Waals surface area contributed by atoms with E-state index >= 15 is 0 Å². The summed E-state index contributed by atoms with van der Waals surface area (Å²) in [5.41, 5.74) is 3.92. The van der Waals surface area contributed by atoms with E-state index in [0.717, 1.165) is 12.0 Å². The molecule has 1 aliphatic rings. The molecule has 1 aliphatic carbocycles. The largest absolute Gasteiger partial charge is 0.508 e. The van der Waals surface area contributed by atoms with Gasteiger partial charge in [-0.2, -0.15) is 0 Å². The highest BCUT2D eigenvalue weighted by atomic mass is 16.3. The highest BCUT2D eigenvalue weighted by molar-refractivity contribution is 5.44. The summed E-state index contributed by atoms with van der Waals surface area (Å²) in [6.07, 6.45) is 4.92. The minimum absolute atomic E-state index is 0.454. The van der Waals surface area contributed by atoms with Crippen LogP contribution in [0.2, 0.25) is 0 Å². The molecule has 0 atom stereocenters. The van der Waals surface area contributed by atoms with Crippen LogP contribution < -0.4 is 0 Å². The van der Waals surface area contributed by atoms with Gasteiger partial charge in [-0.05, 0) is 55.4 Å². The summed E-state index contributed by atoms with van der Waals surface area (Å²) in [6, 6.07) is 3.89. The second-order valence-corrected chi connectivity index (χ2v) is 3.55. The Kier molecular flexibility index (Phi) is 1.80. The number of hydrogen-bond donors (Lipinski definition) is 1. The Morgan fingerprint density at radius 1 is 1.17 bits per heavy atom. The van der Waals surface area contributed by atoms with E-state index in [1.165, 1.54) is 30.4 Å². The summed E-state index contributed by atoms with van der Waals surface area (Å²) in [4.78, 5) is 0. The quantitative estimate of drug-likeness (QED) is 0.621. The number of phenolic OH excluding ortho intramolecular Hbond substituents is 1. The standard InChI is InChI=1S/C11H14O/c1-8-10-5-3-2-4-9(10)6-7-11(8)12/h6-7,12H,2-5H2,1H3. The first kappa shape index (κ1) is 7.66. The molecule has 1 nitrogen and oxygen atoms in total. The van der Waals surface area contributed by atoms with Crippen molar-refractivity contribution in [3.8, 4) is 5.75 Å². The van der Waals surface area contributed by atoms with Gasteiger partial charge >= 0.3 is 0 Å². The van der Waals surface area contributed by atoms with Crippen molar-refractivity contribution in [3.63, 3.8) is 0 Å². The maximum Gasteiger partial charge on any atom is 0.118 e. The zero-order valence-corrected chi connectivity index (χ0v) is 7.43. The third-order valence-corrected chi connectivity index (χ3v) is 2.79. The maximum atomic E-state index is 9.48. The topological polar surface area (TPSA) is 20.2 Å². The average molecular weight is 162 g/mol. The fourth-order valence-electron chi connectivity index (χ4n) is 2.00. The highest BCUT2D eigenvalue weighted by Gasteiger charge is 2.12. The Hall–Kier alpha value is -0.980. The molecule has 0 aliphatic heterocycles. The lowest BCUT2D eigenvalue weighted by Crippen LogP contribution is -2.04. The zero-order chi connectivity index (χ0) is 8.55. The van der Waals surface area contributed by atoms with E-state index < -0.39 is 0 Å². The molecule has 1 aromatic carbocycles. The number of hydrogen-bond acceptors (Lipinski definition) is 1. The first-order chi connectivity index (χ1) is 5.79. The van der Waals surface area contributed by atoms with Crippen LogP contribution in [0.3, 0.4) is 0 Å². The number of benzene rings is 1. The Labute approximate surface area is 73.0 Å². The van der Waals surface area contributed by atoms with Crippen molar-refractivity contribution in [2.24, 2.45) is 0 Å². The van der Waals surface area contributed by atoms with Gasteiger partial charge in [-0.1, -0.05) is 6.07 Å². The second-order valence-electron chi connectivity index (χ2n) is 3.55. The van der Waals surface area contributed by atoms with Gasteiger partial charge < -0.3 is 5.11 Å². The van der Waals surface area contributed by atoms with E-state index in [2.05, 4.69) is 6.07 Å². The van der Waals surface area contributed by atoms with E-state index in [1.807, 2.05) is 13.0 Å². The fraction of sp³-hybridized carbons (Fsp3) is 0.455. The lowest BCUT2D eigenvalue weighted by molar-refractivity contribution is 0.468. The van der Waals surface area contributed by atoms with Gasteiger partial charge in [0.05, 0.1) is 0 Å². The van der Waals surface area contributed by atoms with Crippen LogP contribution >= 0.6 is 0 Å². The Morgan fingerprint density at radius 2 is 1.92 bits per heavy atom. The van der Waals surface area contributed by atoms with Crippen LogP contribution in [0.25, 0.3) is 0 Å². The summed E-state index contributed by atoms with van der Waals surface area (Å²) >= 11 is 0. The molecule has 0 bridgehead atoms. The predicted octanol–water partition coefficient (Wildman–Crippen LogP) is 2.58. The third kappa shape index (κ3) is 1.09. The van der Waals surface area contributed by atoms with E-state index in [9.17, 15) is 5.11 Å². The van der Waals surface area contributed by atoms with Crippen molar-refractivity contribution in [1.82, 2.24) is 0 Å². The molecular weight excluding hydrogens is 148 g/mol. The number of aryl methyl sites for hydroxylation is 1. The van der Waals surface area contributed by atoms with E-state index in [1.54, 1.807) is 0 Å². The molecule has 0 spiro atoms. The second kappa shape index (κ2) is 2.81. The molecule has 0 radical (unpaired) electrons. The summed E-state index contributed by atoms with van der Waals surface area (Å²) < 4.78 is 0. The van der Waals surface area contributed by atoms with Crippen LogP contribution in [-0.4, -0.2) is 5.11 Å². The smallest absolute Gasteiger partial charge is 0.118 e. The summed E-state index contributed by atoms with van der Waals surface area (Å²) in [7, 11) is 0. The summed E-state index contributed by atoms with van der Waals surface area (Å²) in [5, 5.41) is 9.48. The van der Waals surface area contributed by atoms with Crippen molar-refractivity contribution in [3.05, 3.63) is 28.8 Å². The lowest BCUT2D eigenvalue weighted by Gasteiger charge is -2.18. The number of fused-ring (bicyclic) bond motifs is 1. The molecule has 0 unspecified atom stereocenters. The predicted molar refractivity (Wildman–Crippen MR) is 49.5 cm³/mol. The summed E-state index contributed by atoms with van der Waals surface area (Å²) in [5.74, 6) is 0.454. The molecule has 0 heterocycles. The van der Waals surface area contributed by atoms with E-state index in [4.69, 9.17) is 0 Å². The normalized spacial score (nSPS) is 15.8. The Bertz CT molecular complexity index is 302. The number of rotatable bonds is 0. The molecule has 0 saturated heterocycles. The molecule has 12 heavy (non-hydrogen) atoms. The number of aromatic hydroxyl groups is 1. The minimum atomic E-state index is 0.454. The van der Waals surface area contributed by atoms with E-state index in [-0.39, 0.29) is 0 Å². The molecule has 0 amide bonds. The van der Waals surface area contributed by atoms with Crippen LogP contribution in [0.4, 0.5) is 0 Å². The van der Waals surface area contributed by atoms with Gasteiger partial charge in [0.1, 0.15) is 5.75 Å². The molecule has 0 fully saturated rings. The van der Waals surface area contributed by atoms with Crippen LogP contribution in [0.1, 0.15) is 29.5 Å². The van der Waals surface area contributed by atoms with E-state index in [0.29, 0.717) is 5.75 Å². The Morgan fingerprint density at radius 3 is 2.75 bits per heavy atom. The van der Waals surface area contributed by atoms with Gasteiger partial charge in [-0.3, -0.25) is 0 Å². The molecule has 0 saturated carbocycles. The van der Waals surface area contributed by atoms with Crippen molar-refractivity contribution in [2.45, 2.75) is 32.6 Å². The van der Waals surface area contributed by atoms with Gasteiger partial charge in [0.15, 0.2) is 0 Å². The lowest BCUT2D eigenvalue weighted by atomic mass is 9.88. The molecule has 2 rings (SSSR count). The molecule has 1 N–H and O–H groups in total. The number of phenols is 1. The van der Waals surface area contributed by atoms with Crippen molar-refractivity contribution >= 4 is 0 Å². The average Bonchev–Trinajstić information content (AvgIpc) is 2.12. The Balaban J connectivity index is 2.54. The van der Waals surface area contributed by atoms with Gasteiger partial charge in [-0.25, -0.2) is 0 Å². The monoisotopic (exact) mass is 162 g/mol. The van der Waals surface area contributed by atoms with Crippen molar-refractivity contribution in [2.75, 3.05) is 0 Å². The first-order valence-corrected chi connectivity index (χ1v) is 4.59. The summed E-state index contributed by atoms with van der Waals surface area (Å²) in [6.45, 7) is 2.01. The molecule has 64 valence electrons. The molecule has 0 aromatic heterocycles. The minimum Gasteiger partial charge on any atom is -0.508 e. The van der Waals surface area contributed by atoms with Crippen LogP contribution in [-0.2, 0) is 12.8 Å². The van der Waals surface area contributed by atoms with Gasteiger partial charge in [0.2, 0.25) is 0 Å². The molecular formula is C11H14O. The third-order valence-electron chi connectivity index (χ3n) is 2.79.